The summed E-state index contributed by atoms with van der Waals surface area (Å²) in [7, 11) is 4.55. The third-order valence-electron chi connectivity index (χ3n) is 4.11. The molecule has 2 aromatic carbocycles. The van der Waals surface area contributed by atoms with Crippen molar-refractivity contribution in [2.45, 2.75) is 12.8 Å². The van der Waals surface area contributed by atoms with Crippen LogP contribution in [-0.2, 0) is 16.0 Å². The molecule has 0 saturated carbocycles. The number of hydrogen-bond acceptors (Lipinski definition) is 7. The monoisotopic (exact) mass is 415 g/mol. The molecule has 0 aliphatic heterocycles. The Morgan fingerprint density at radius 1 is 0.967 bits per heavy atom. The van der Waals surface area contributed by atoms with Crippen molar-refractivity contribution < 1.29 is 28.9 Å². The van der Waals surface area contributed by atoms with E-state index in [9.17, 15) is 14.7 Å². The molecule has 2 aromatic rings. The Balaban J connectivity index is 1.75. The topological polar surface area (TPSA) is 118 Å². The van der Waals surface area contributed by atoms with Crippen molar-refractivity contribution in [1.82, 2.24) is 10.7 Å². The number of nitrogens with one attached hydrogen (secondary N) is 2. The third-order valence-corrected chi connectivity index (χ3v) is 4.11. The summed E-state index contributed by atoms with van der Waals surface area (Å²) in [6.45, 7) is 0.373. The van der Waals surface area contributed by atoms with E-state index >= 15 is 0 Å². The number of nitrogens with zero attached hydrogens (tertiary/aromatic N) is 1. The molecule has 0 aliphatic carbocycles. The predicted molar refractivity (Wildman–Crippen MR) is 111 cm³/mol. The van der Waals surface area contributed by atoms with Gasteiger partial charge in [-0.15, -0.1) is 0 Å². The zero-order valence-electron chi connectivity index (χ0n) is 17.1. The summed E-state index contributed by atoms with van der Waals surface area (Å²) >= 11 is 0. The normalized spacial score (nSPS) is 10.5. The van der Waals surface area contributed by atoms with Crippen molar-refractivity contribution in [2.24, 2.45) is 5.10 Å². The molecule has 0 spiro atoms. The van der Waals surface area contributed by atoms with Crippen molar-refractivity contribution in [1.29, 1.82) is 0 Å². The van der Waals surface area contributed by atoms with Crippen LogP contribution in [0.25, 0.3) is 0 Å². The number of phenolic OH excluding ortho intramolecular Hbond substituents is 1. The van der Waals surface area contributed by atoms with E-state index in [2.05, 4.69) is 15.8 Å². The summed E-state index contributed by atoms with van der Waals surface area (Å²) in [5.74, 6) is 0.593. The number of hydrazone groups is 1. The van der Waals surface area contributed by atoms with Gasteiger partial charge in [0.2, 0.25) is 11.8 Å². The van der Waals surface area contributed by atoms with Crippen LogP contribution in [0.4, 0.5) is 0 Å². The molecule has 0 fully saturated rings. The number of benzene rings is 2. The highest BCUT2D eigenvalue weighted by molar-refractivity contribution is 5.97. The molecular weight excluding hydrogens is 390 g/mol. The average molecular weight is 415 g/mol. The Kier molecular flexibility index (Phi) is 8.49. The summed E-state index contributed by atoms with van der Waals surface area (Å²) in [6, 6.07) is 10.1. The molecule has 0 saturated heterocycles. The number of hydrogen-bond donors (Lipinski definition) is 3. The van der Waals surface area contributed by atoms with Crippen LogP contribution in [-0.4, -0.2) is 51.0 Å². The first-order valence-electron chi connectivity index (χ1n) is 9.13. The van der Waals surface area contributed by atoms with Gasteiger partial charge in [0.25, 0.3) is 0 Å². The van der Waals surface area contributed by atoms with Crippen LogP contribution >= 0.6 is 0 Å². The SMILES string of the molecule is COc1cc(C=NNC(=O)CC(=O)NCCc2ccc(OC)c(OC)c2)ccc1O. The average Bonchev–Trinajstić information content (AvgIpc) is 2.74. The number of methoxy groups -OCH3 is 3. The van der Waals surface area contributed by atoms with E-state index in [1.54, 1.807) is 32.4 Å². The van der Waals surface area contributed by atoms with Crippen molar-refractivity contribution in [3.05, 3.63) is 47.5 Å². The largest absolute Gasteiger partial charge is 0.504 e. The van der Waals surface area contributed by atoms with Crippen LogP contribution in [0.1, 0.15) is 17.5 Å². The zero-order chi connectivity index (χ0) is 21.9. The molecule has 0 atom stereocenters. The van der Waals surface area contributed by atoms with Crippen LogP contribution in [0, 0.1) is 0 Å². The maximum absolute atomic E-state index is 11.9. The third kappa shape index (κ3) is 6.69. The maximum atomic E-state index is 11.9. The first-order valence-corrected chi connectivity index (χ1v) is 9.13. The van der Waals surface area contributed by atoms with Gasteiger partial charge in [0.05, 0.1) is 27.5 Å². The van der Waals surface area contributed by atoms with Gasteiger partial charge in [-0.1, -0.05) is 6.07 Å². The Bertz CT molecular complexity index is 914. The van der Waals surface area contributed by atoms with Crippen LogP contribution in [0.3, 0.4) is 0 Å². The number of aromatic hydroxyl groups is 1. The van der Waals surface area contributed by atoms with Gasteiger partial charge in [0.1, 0.15) is 6.42 Å². The highest BCUT2D eigenvalue weighted by atomic mass is 16.5. The fourth-order valence-electron chi connectivity index (χ4n) is 2.58. The molecule has 160 valence electrons. The quantitative estimate of drug-likeness (QED) is 0.308. The standard InChI is InChI=1S/C21H25N3O6/c1-28-17-7-5-14(10-19(17)30-3)8-9-22-20(26)12-21(27)24-23-13-15-4-6-16(25)18(11-15)29-2/h4-7,10-11,13,25H,8-9,12H2,1-3H3,(H,22,26)(H,24,27). The second kappa shape index (κ2) is 11.3. The van der Waals surface area contributed by atoms with Gasteiger partial charge in [-0.25, -0.2) is 5.43 Å². The Labute approximate surface area is 174 Å². The minimum absolute atomic E-state index is 0.00319. The van der Waals surface area contributed by atoms with Crippen LogP contribution in [0.2, 0.25) is 0 Å². The second-order valence-electron chi connectivity index (χ2n) is 6.19. The fourth-order valence-corrected chi connectivity index (χ4v) is 2.58. The second-order valence-corrected chi connectivity index (χ2v) is 6.19. The van der Waals surface area contributed by atoms with Crippen molar-refractivity contribution in [3.8, 4) is 23.0 Å². The molecule has 9 nitrogen and oxygen atoms in total. The van der Waals surface area contributed by atoms with Gasteiger partial charge < -0.3 is 24.6 Å². The first-order chi connectivity index (χ1) is 14.5. The summed E-state index contributed by atoms with van der Waals surface area (Å²) in [5, 5.41) is 16.0. The molecule has 2 rings (SSSR count). The highest BCUT2D eigenvalue weighted by Crippen LogP contribution is 2.27. The van der Waals surface area contributed by atoms with Crippen LogP contribution in [0.5, 0.6) is 23.0 Å². The predicted octanol–water partition coefficient (Wildman–Crippen LogP) is 1.62. The molecule has 0 radical (unpaired) electrons. The molecule has 0 heterocycles. The number of phenols is 1. The lowest BCUT2D eigenvalue weighted by molar-refractivity contribution is -0.129. The smallest absolute Gasteiger partial charge is 0.249 e. The Hall–Kier alpha value is -3.75. The molecule has 2 amide bonds. The molecule has 0 bridgehead atoms. The summed E-state index contributed by atoms with van der Waals surface area (Å²) < 4.78 is 15.4. The van der Waals surface area contributed by atoms with Gasteiger partial charge in [-0.3, -0.25) is 9.59 Å². The van der Waals surface area contributed by atoms with Crippen molar-refractivity contribution >= 4 is 18.0 Å². The van der Waals surface area contributed by atoms with E-state index in [0.717, 1.165) is 5.56 Å². The van der Waals surface area contributed by atoms with E-state index in [1.165, 1.54) is 19.4 Å². The van der Waals surface area contributed by atoms with Gasteiger partial charge >= 0.3 is 0 Å². The maximum Gasteiger partial charge on any atom is 0.249 e. The molecule has 0 aliphatic rings. The minimum atomic E-state index is -0.541. The molecule has 9 heteroatoms. The van der Waals surface area contributed by atoms with Gasteiger partial charge in [0.15, 0.2) is 23.0 Å². The molecule has 0 aromatic heterocycles. The number of amides is 2. The fraction of sp³-hybridized carbons (Fsp3) is 0.286. The van der Waals surface area contributed by atoms with E-state index < -0.39 is 11.8 Å². The van der Waals surface area contributed by atoms with E-state index in [0.29, 0.717) is 35.8 Å². The van der Waals surface area contributed by atoms with Gasteiger partial charge in [-0.05, 0) is 47.9 Å². The highest BCUT2D eigenvalue weighted by Gasteiger charge is 2.09. The van der Waals surface area contributed by atoms with E-state index in [1.807, 2.05) is 12.1 Å². The van der Waals surface area contributed by atoms with Gasteiger partial charge in [-0.2, -0.15) is 5.10 Å². The Morgan fingerprint density at radius 2 is 1.70 bits per heavy atom. The minimum Gasteiger partial charge on any atom is -0.504 e. The Morgan fingerprint density at radius 3 is 2.40 bits per heavy atom. The zero-order valence-corrected chi connectivity index (χ0v) is 17.1. The van der Waals surface area contributed by atoms with Crippen LogP contribution < -0.4 is 25.0 Å². The summed E-state index contributed by atoms with van der Waals surface area (Å²) in [6.07, 6.45) is 1.62. The number of ether oxygens (including phenoxy) is 3. The lowest BCUT2D eigenvalue weighted by Gasteiger charge is -2.10. The lowest BCUT2D eigenvalue weighted by atomic mass is 10.1. The van der Waals surface area contributed by atoms with E-state index in [4.69, 9.17) is 14.2 Å². The van der Waals surface area contributed by atoms with Crippen molar-refractivity contribution in [2.75, 3.05) is 27.9 Å². The van der Waals surface area contributed by atoms with Crippen LogP contribution in [0.15, 0.2) is 41.5 Å². The van der Waals surface area contributed by atoms with E-state index in [-0.39, 0.29) is 12.2 Å². The molecule has 3 N–H and O–H groups in total. The molecule has 30 heavy (non-hydrogen) atoms. The van der Waals surface area contributed by atoms with Gasteiger partial charge in [0, 0.05) is 6.54 Å². The number of carbonyl (C=O) groups excluding carboxylic acids is 2. The lowest BCUT2D eigenvalue weighted by Crippen LogP contribution is -2.31. The number of carbonyl (C=O) groups is 2. The molecular formula is C21H25N3O6. The first kappa shape index (κ1) is 22.5. The summed E-state index contributed by atoms with van der Waals surface area (Å²) in [4.78, 5) is 23.7. The summed E-state index contributed by atoms with van der Waals surface area (Å²) in [5.41, 5.74) is 3.87. The molecule has 0 unspecified atom stereocenters. The van der Waals surface area contributed by atoms with Crippen molar-refractivity contribution in [3.63, 3.8) is 0 Å². The number of rotatable bonds is 10.